The monoisotopic (exact) mass is 376 g/mol. The zero-order chi connectivity index (χ0) is 17.9. The second-order valence-electron chi connectivity index (χ2n) is 7.67. The predicted octanol–water partition coefficient (Wildman–Crippen LogP) is 0.503. The van der Waals surface area contributed by atoms with Crippen LogP contribution in [-0.4, -0.2) is 71.9 Å². The second kappa shape index (κ2) is 8.63. The highest BCUT2D eigenvalue weighted by atomic mass is 32.2. The fraction of sp³-hybridized carbons (Fsp3) is 1.00. The lowest BCUT2D eigenvalue weighted by atomic mass is 9.82. The summed E-state index contributed by atoms with van der Waals surface area (Å²) in [7, 11) is -1.22. The van der Waals surface area contributed by atoms with E-state index < -0.39 is 9.84 Å². The molecule has 1 aliphatic carbocycles. The number of sulfone groups is 1. The van der Waals surface area contributed by atoms with Gasteiger partial charge in [0.1, 0.15) is 22.3 Å². The first-order valence-corrected chi connectivity index (χ1v) is 11.3. The summed E-state index contributed by atoms with van der Waals surface area (Å²) in [5.41, 5.74) is 0. The number of nitrogens with one attached hydrogen (secondary N) is 2. The fourth-order valence-electron chi connectivity index (χ4n) is 4.27. The molecule has 0 bridgehead atoms. The lowest BCUT2D eigenvalue weighted by Gasteiger charge is -2.43. The molecule has 8 heteroatoms. The summed E-state index contributed by atoms with van der Waals surface area (Å²) in [5, 5.41) is 6.84. The number of piperazine rings is 1. The van der Waals surface area contributed by atoms with Crippen molar-refractivity contribution in [1.82, 2.24) is 10.6 Å². The van der Waals surface area contributed by atoms with Crippen molar-refractivity contribution in [2.24, 2.45) is 11.8 Å². The van der Waals surface area contributed by atoms with E-state index in [0.717, 1.165) is 45.3 Å². The number of ether oxygens (including phenoxy) is 3. The highest BCUT2D eigenvalue weighted by Crippen LogP contribution is 2.32. The zero-order valence-corrected chi connectivity index (χ0v) is 16.1. The molecule has 0 aromatic rings. The average Bonchev–Trinajstić information content (AvgIpc) is 3.12. The number of hydrogen-bond donors (Lipinski definition) is 2. The van der Waals surface area contributed by atoms with Gasteiger partial charge in [0.05, 0.1) is 24.5 Å². The van der Waals surface area contributed by atoms with E-state index >= 15 is 0 Å². The molecule has 3 aliphatic rings. The second-order valence-corrected chi connectivity index (χ2v) is 10.0. The number of rotatable bonds is 6. The molecule has 0 aromatic heterocycles. The molecule has 0 amide bonds. The first-order valence-electron chi connectivity index (χ1n) is 9.38. The van der Waals surface area contributed by atoms with Crippen molar-refractivity contribution < 1.29 is 22.6 Å². The lowest BCUT2D eigenvalue weighted by molar-refractivity contribution is -0.0777. The third kappa shape index (κ3) is 5.14. The molecule has 25 heavy (non-hydrogen) atoms. The van der Waals surface area contributed by atoms with Crippen LogP contribution in [0.2, 0.25) is 0 Å². The van der Waals surface area contributed by atoms with Crippen molar-refractivity contribution in [1.29, 1.82) is 0 Å². The van der Waals surface area contributed by atoms with E-state index in [1.165, 1.54) is 6.26 Å². The Labute approximate surface area is 151 Å². The molecule has 7 nitrogen and oxygen atoms in total. The Morgan fingerprint density at radius 3 is 2.52 bits per heavy atom. The van der Waals surface area contributed by atoms with Gasteiger partial charge in [-0.3, -0.25) is 10.6 Å². The normalized spacial score (nSPS) is 40.2. The van der Waals surface area contributed by atoms with E-state index in [2.05, 4.69) is 10.6 Å². The predicted molar refractivity (Wildman–Crippen MR) is 95.0 cm³/mol. The molecule has 2 aliphatic heterocycles. The van der Waals surface area contributed by atoms with Gasteiger partial charge in [-0.1, -0.05) is 0 Å². The number of methoxy groups -OCH3 is 1. The lowest BCUT2D eigenvalue weighted by Crippen LogP contribution is -2.65. The molecule has 3 fully saturated rings. The highest BCUT2D eigenvalue weighted by molar-refractivity contribution is 7.91. The largest absolute Gasteiger partial charge is 0.381 e. The Kier molecular flexibility index (Phi) is 6.73. The van der Waals surface area contributed by atoms with Gasteiger partial charge in [-0.05, 0) is 38.0 Å². The third-order valence-electron chi connectivity index (χ3n) is 5.85. The zero-order valence-electron chi connectivity index (χ0n) is 15.3. The van der Waals surface area contributed by atoms with Crippen LogP contribution in [0.5, 0.6) is 0 Å². The standard InChI is InChI=1S/C17H32N2O5S/c1-22-17-16(13-3-5-14(6-4-13)25(2,20)21)19-15(9-18-17)24-11-12-7-8-23-10-12/h12-19H,3-11H2,1-2H3. The van der Waals surface area contributed by atoms with E-state index in [1.807, 2.05) is 0 Å². The van der Waals surface area contributed by atoms with E-state index in [-0.39, 0.29) is 23.7 Å². The summed E-state index contributed by atoms with van der Waals surface area (Å²) >= 11 is 0. The van der Waals surface area contributed by atoms with Gasteiger partial charge in [-0.25, -0.2) is 8.42 Å². The van der Waals surface area contributed by atoms with Crippen LogP contribution in [0, 0.1) is 11.8 Å². The summed E-state index contributed by atoms with van der Waals surface area (Å²) in [6.07, 6.45) is 5.61. The average molecular weight is 377 g/mol. The minimum Gasteiger partial charge on any atom is -0.381 e. The fourth-order valence-corrected chi connectivity index (χ4v) is 5.40. The molecule has 0 spiro atoms. The van der Waals surface area contributed by atoms with Crippen LogP contribution in [0.4, 0.5) is 0 Å². The van der Waals surface area contributed by atoms with Gasteiger partial charge < -0.3 is 14.2 Å². The van der Waals surface area contributed by atoms with Crippen LogP contribution in [0.25, 0.3) is 0 Å². The Morgan fingerprint density at radius 1 is 1.16 bits per heavy atom. The first kappa shape index (κ1) is 19.5. The Morgan fingerprint density at radius 2 is 1.92 bits per heavy atom. The van der Waals surface area contributed by atoms with Gasteiger partial charge >= 0.3 is 0 Å². The molecule has 4 atom stereocenters. The van der Waals surface area contributed by atoms with Crippen molar-refractivity contribution >= 4 is 9.84 Å². The van der Waals surface area contributed by atoms with E-state index in [1.54, 1.807) is 7.11 Å². The molecule has 0 radical (unpaired) electrons. The van der Waals surface area contributed by atoms with Gasteiger partial charge in [-0.15, -0.1) is 0 Å². The molecule has 146 valence electrons. The SMILES string of the molecule is COC1NCC(OCC2CCOC2)NC1C1CCC(S(C)(=O)=O)CC1. The van der Waals surface area contributed by atoms with Crippen molar-refractivity contribution in [3.8, 4) is 0 Å². The number of hydrogen-bond acceptors (Lipinski definition) is 7. The minimum absolute atomic E-state index is 0.0374. The summed E-state index contributed by atoms with van der Waals surface area (Å²) in [6.45, 7) is 3.05. The van der Waals surface area contributed by atoms with Crippen LogP contribution in [0.1, 0.15) is 32.1 Å². The van der Waals surface area contributed by atoms with Gasteiger partial charge in [0.15, 0.2) is 0 Å². The van der Waals surface area contributed by atoms with Crippen LogP contribution < -0.4 is 10.6 Å². The summed E-state index contributed by atoms with van der Waals surface area (Å²) in [4.78, 5) is 0. The van der Waals surface area contributed by atoms with Crippen molar-refractivity contribution in [3.63, 3.8) is 0 Å². The van der Waals surface area contributed by atoms with E-state index in [0.29, 0.717) is 25.0 Å². The van der Waals surface area contributed by atoms with Crippen molar-refractivity contribution in [2.75, 3.05) is 39.7 Å². The van der Waals surface area contributed by atoms with Gasteiger partial charge in [0.25, 0.3) is 0 Å². The van der Waals surface area contributed by atoms with Gasteiger partial charge in [0.2, 0.25) is 0 Å². The molecule has 2 N–H and O–H groups in total. The molecule has 1 saturated carbocycles. The Bertz CT molecular complexity index is 515. The summed E-state index contributed by atoms with van der Waals surface area (Å²) in [6, 6.07) is 0.143. The highest BCUT2D eigenvalue weighted by Gasteiger charge is 2.39. The maximum atomic E-state index is 11.8. The van der Waals surface area contributed by atoms with Crippen LogP contribution in [0.3, 0.4) is 0 Å². The van der Waals surface area contributed by atoms with Crippen molar-refractivity contribution in [3.05, 3.63) is 0 Å². The van der Waals surface area contributed by atoms with Crippen LogP contribution >= 0.6 is 0 Å². The molecular weight excluding hydrogens is 344 g/mol. The maximum absolute atomic E-state index is 11.8. The van der Waals surface area contributed by atoms with Gasteiger partial charge in [0, 0.05) is 32.4 Å². The molecule has 2 heterocycles. The Balaban J connectivity index is 1.52. The molecule has 2 saturated heterocycles. The van der Waals surface area contributed by atoms with E-state index in [4.69, 9.17) is 14.2 Å². The topological polar surface area (TPSA) is 85.9 Å². The van der Waals surface area contributed by atoms with Crippen LogP contribution in [0.15, 0.2) is 0 Å². The van der Waals surface area contributed by atoms with Crippen molar-refractivity contribution in [2.45, 2.75) is 55.9 Å². The van der Waals surface area contributed by atoms with Crippen LogP contribution in [-0.2, 0) is 24.0 Å². The maximum Gasteiger partial charge on any atom is 0.150 e. The summed E-state index contributed by atoms with van der Waals surface area (Å²) < 4.78 is 40.6. The van der Waals surface area contributed by atoms with Gasteiger partial charge in [-0.2, -0.15) is 0 Å². The quantitative estimate of drug-likeness (QED) is 0.698. The van der Waals surface area contributed by atoms with E-state index in [9.17, 15) is 8.42 Å². The molecule has 0 aromatic carbocycles. The Hall–Kier alpha value is -0.250. The summed E-state index contributed by atoms with van der Waals surface area (Å²) in [5.74, 6) is 0.891. The molecule has 3 rings (SSSR count). The molecular formula is C17H32N2O5S. The third-order valence-corrected chi connectivity index (χ3v) is 7.53. The molecule has 4 unspecified atom stereocenters. The smallest absolute Gasteiger partial charge is 0.150 e. The first-order chi connectivity index (χ1) is 12.0. The minimum atomic E-state index is -2.93.